The van der Waals surface area contributed by atoms with E-state index in [2.05, 4.69) is 0 Å². The lowest BCUT2D eigenvalue weighted by Gasteiger charge is -2.36. The number of fused-ring (bicyclic) bond motifs is 1. The van der Waals surface area contributed by atoms with E-state index in [4.69, 9.17) is 0 Å². The Balaban J connectivity index is 1.42. The second-order valence-electron chi connectivity index (χ2n) is 9.17. The van der Waals surface area contributed by atoms with Crippen LogP contribution in [-0.2, 0) is 12.8 Å². The molecule has 6 heteroatoms. The third kappa shape index (κ3) is 4.89. The van der Waals surface area contributed by atoms with E-state index in [0.717, 1.165) is 68.7 Å². The van der Waals surface area contributed by atoms with Gasteiger partial charge in [-0.1, -0.05) is 25.0 Å². The van der Waals surface area contributed by atoms with E-state index in [9.17, 15) is 22.0 Å². The topological polar surface area (TPSA) is 0 Å². The zero-order chi connectivity index (χ0) is 22.8. The number of benzene rings is 2. The monoisotopic (exact) mass is 452 g/mol. The fraction of sp³-hybridized carbons (Fsp3) is 0.462. The maximum absolute atomic E-state index is 15.2. The van der Waals surface area contributed by atoms with Crippen molar-refractivity contribution in [3.63, 3.8) is 0 Å². The maximum Gasteiger partial charge on any atom is 0.266 e. The Morgan fingerprint density at radius 1 is 0.844 bits per heavy atom. The third-order valence-electron chi connectivity index (χ3n) is 7.31. The highest BCUT2D eigenvalue weighted by Crippen LogP contribution is 2.42. The highest BCUT2D eigenvalue weighted by Gasteiger charge is 2.31. The van der Waals surface area contributed by atoms with Crippen molar-refractivity contribution in [2.75, 3.05) is 0 Å². The molecule has 0 amide bonds. The van der Waals surface area contributed by atoms with Crippen LogP contribution in [0.4, 0.5) is 26.3 Å². The standard InChI is InChI=1S/C26H26F6/c27-22-13-19(14-23(28)26(22)32)21-11-9-18-12-17(8-10-20(18)25(21)31)16-6-4-15(5-7-16)2-1-3-24(29)30/h3,9,11,13-17H,1-2,4-8,10,12H2. The Morgan fingerprint density at radius 2 is 1.53 bits per heavy atom. The Hall–Kier alpha value is -2.24. The van der Waals surface area contributed by atoms with Crippen LogP contribution in [0.25, 0.3) is 11.1 Å². The molecule has 1 saturated carbocycles. The van der Waals surface area contributed by atoms with Crippen molar-refractivity contribution in [2.45, 2.75) is 57.8 Å². The molecule has 0 radical (unpaired) electrons. The SMILES string of the molecule is FC(F)=CCCC1CCC(C2CCc3c(ccc(-c4cc(F)c(F)c(F)c4)c3F)C2)CC1. The van der Waals surface area contributed by atoms with Gasteiger partial charge in [0.25, 0.3) is 6.08 Å². The summed E-state index contributed by atoms with van der Waals surface area (Å²) in [7, 11) is 0. The second kappa shape index (κ2) is 9.72. The van der Waals surface area contributed by atoms with Gasteiger partial charge in [0.15, 0.2) is 17.5 Å². The van der Waals surface area contributed by atoms with Gasteiger partial charge in [-0.2, -0.15) is 8.78 Å². The summed E-state index contributed by atoms with van der Waals surface area (Å²) in [6, 6.07) is 5.00. The first-order valence-corrected chi connectivity index (χ1v) is 11.3. The minimum atomic E-state index is -1.61. The van der Waals surface area contributed by atoms with Gasteiger partial charge in [0.05, 0.1) is 0 Å². The van der Waals surface area contributed by atoms with Gasteiger partial charge in [-0.3, -0.25) is 0 Å². The molecule has 0 nitrogen and oxygen atoms in total. The summed E-state index contributed by atoms with van der Waals surface area (Å²) in [6.07, 6.45) is 7.04. The Morgan fingerprint density at radius 3 is 2.19 bits per heavy atom. The van der Waals surface area contributed by atoms with Gasteiger partial charge >= 0.3 is 0 Å². The molecule has 0 heterocycles. The molecule has 1 unspecified atom stereocenters. The average Bonchev–Trinajstić information content (AvgIpc) is 2.77. The first kappa shape index (κ1) is 22.9. The van der Waals surface area contributed by atoms with Gasteiger partial charge < -0.3 is 0 Å². The molecule has 2 aromatic carbocycles. The van der Waals surface area contributed by atoms with Gasteiger partial charge in [-0.15, -0.1) is 0 Å². The molecule has 0 spiro atoms. The van der Waals surface area contributed by atoms with E-state index < -0.39 is 29.3 Å². The molecule has 0 saturated heterocycles. The summed E-state index contributed by atoms with van der Waals surface area (Å²) >= 11 is 0. The van der Waals surface area contributed by atoms with Gasteiger partial charge in [0, 0.05) is 5.56 Å². The molecule has 0 N–H and O–H groups in total. The quantitative estimate of drug-likeness (QED) is 0.316. The summed E-state index contributed by atoms with van der Waals surface area (Å²) in [5, 5.41) is 0. The van der Waals surface area contributed by atoms with Crippen LogP contribution < -0.4 is 0 Å². The highest BCUT2D eigenvalue weighted by molar-refractivity contribution is 5.66. The summed E-state index contributed by atoms with van der Waals surface area (Å²) in [4.78, 5) is 0. The van der Waals surface area contributed by atoms with Crippen molar-refractivity contribution >= 4 is 0 Å². The lowest BCUT2D eigenvalue weighted by molar-refractivity contribution is 0.184. The molecule has 32 heavy (non-hydrogen) atoms. The molecular weight excluding hydrogens is 426 g/mol. The van der Waals surface area contributed by atoms with Crippen molar-refractivity contribution in [3.8, 4) is 11.1 Å². The first-order valence-electron chi connectivity index (χ1n) is 11.3. The van der Waals surface area contributed by atoms with Crippen molar-refractivity contribution in [1.82, 2.24) is 0 Å². The van der Waals surface area contributed by atoms with E-state index in [1.165, 1.54) is 6.07 Å². The van der Waals surface area contributed by atoms with Crippen molar-refractivity contribution in [3.05, 3.63) is 70.8 Å². The van der Waals surface area contributed by atoms with Crippen molar-refractivity contribution in [1.29, 1.82) is 0 Å². The summed E-state index contributed by atoms with van der Waals surface area (Å²) in [5.41, 5.74) is 1.58. The number of hydrogen-bond acceptors (Lipinski definition) is 0. The smallest absolute Gasteiger partial charge is 0.206 e. The van der Waals surface area contributed by atoms with Crippen LogP contribution in [0.15, 0.2) is 36.4 Å². The van der Waals surface area contributed by atoms with E-state index in [-0.39, 0.29) is 11.1 Å². The Bertz CT molecular complexity index is 977. The van der Waals surface area contributed by atoms with E-state index in [0.29, 0.717) is 36.2 Å². The number of allylic oxidation sites excluding steroid dienone is 1. The van der Waals surface area contributed by atoms with Crippen molar-refractivity contribution in [2.24, 2.45) is 17.8 Å². The molecule has 172 valence electrons. The number of hydrogen-bond donors (Lipinski definition) is 0. The lowest BCUT2D eigenvalue weighted by Crippen LogP contribution is -2.27. The number of rotatable bonds is 5. The summed E-state index contributed by atoms with van der Waals surface area (Å²) < 4.78 is 80.1. The van der Waals surface area contributed by atoms with Crippen LogP contribution in [0.1, 0.15) is 56.1 Å². The van der Waals surface area contributed by atoms with Crippen LogP contribution >= 0.6 is 0 Å². The zero-order valence-corrected chi connectivity index (χ0v) is 17.8. The minimum absolute atomic E-state index is 0.00960. The lowest BCUT2D eigenvalue weighted by atomic mass is 9.69. The zero-order valence-electron chi connectivity index (χ0n) is 17.8. The average molecular weight is 452 g/mol. The molecule has 2 aromatic rings. The molecule has 0 aromatic heterocycles. The largest absolute Gasteiger partial charge is 0.266 e. The third-order valence-corrected chi connectivity index (χ3v) is 7.31. The van der Waals surface area contributed by atoms with Gasteiger partial charge in [-0.05, 0) is 97.6 Å². The second-order valence-corrected chi connectivity index (χ2v) is 9.17. The van der Waals surface area contributed by atoms with E-state index in [1.54, 1.807) is 0 Å². The molecule has 2 aliphatic rings. The maximum atomic E-state index is 15.2. The fourth-order valence-electron chi connectivity index (χ4n) is 5.55. The van der Waals surface area contributed by atoms with Crippen LogP contribution in [0, 0.1) is 41.0 Å². The van der Waals surface area contributed by atoms with Crippen molar-refractivity contribution < 1.29 is 26.3 Å². The van der Waals surface area contributed by atoms with Crippen LogP contribution in [-0.4, -0.2) is 0 Å². The van der Waals surface area contributed by atoms with Gasteiger partial charge in [0.1, 0.15) is 5.82 Å². The predicted molar refractivity (Wildman–Crippen MR) is 112 cm³/mol. The normalized spacial score (nSPS) is 23.0. The van der Waals surface area contributed by atoms with Gasteiger partial charge in [-0.25, -0.2) is 17.6 Å². The predicted octanol–water partition coefficient (Wildman–Crippen LogP) is 8.38. The van der Waals surface area contributed by atoms with E-state index >= 15 is 4.39 Å². The molecular formula is C26H26F6. The van der Waals surface area contributed by atoms with Crippen LogP contribution in [0.2, 0.25) is 0 Å². The Kier molecular flexibility index (Phi) is 6.96. The van der Waals surface area contributed by atoms with Crippen LogP contribution in [0.3, 0.4) is 0 Å². The molecule has 4 rings (SSSR count). The molecule has 0 aliphatic heterocycles. The first-order chi connectivity index (χ1) is 15.3. The Labute approximate surface area is 184 Å². The summed E-state index contributed by atoms with van der Waals surface area (Å²) in [5.74, 6) is -3.21. The van der Waals surface area contributed by atoms with E-state index in [1.807, 2.05) is 6.07 Å². The summed E-state index contributed by atoms with van der Waals surface area (Å²) in [6.45, 7) is 0. The van der Waals surface area contributed by atoms with Gasteiger partial charge in [0.2, 0.25) is 0 Å². The number of halogens is 6. The molecule has 1 fully saturated rings. The fourth-order valence-corrected chi connectivity index (χ4v) is 5.55. The molecule has 1 atom stereocenters. The molecule has 2 aliphatic carbocycles. The minimum Gasteiger partial charge on any atom is -0.206 e. The highest BCUT2D eigenvalue weighted by atomic mass is 19.3. The molecule has 0 bridgehead atoms. The van der Waals surface area contributed by atoms with Crippen LogP contribution in [0.5, 0.6) is 0 Å².